The summed E-state index contributed by atoms with van der Waals surface area (Å²) in [6.07, 6.45) is -1.03. The topological polar surface area (TPSA) is 93.1 Å². The zero-order chi connectivity index (χ0) is 18.7. The standard InChI is InChI=1S/C19H28O6/c1-9(2)16(21)24-12-8-18(5)13(20)7-6-10(3)19(18,23)15-14(12)11(4)17(22)25-15/h9,11-15,20,23H,3,6-8H2,1-2,4-5H3/t11-,12-,13+,14+,15-,18-,19-/m0/s1. The van der Waals surface area contributed by atoms with E-state index in [9.17, 15) is 19.8 Å². The van der Waals surface area contributed by atoms with Crippen molar-refractivity contribution in [2.45, 2.75) is 70.9 Å². The summed E-state index contributed by atoms with van der Waals surface area (Å²) >= 11 is 0. The van der Waals surface area contributed by atoms with Gasteiger partial charge in [-0.05, 0) is 24.8 Å². The fraction of sp³-hybridized carbons (Fsp3) is 0.789. The van der Waals surface area contributed by atoms with Crippen LogP contribution in [0.15, 0.2) is 12.2 Å². The molecular formula is C19H28O6. The maximum Gasteiger partial charge on any atom is 0.309 e. The minimum absolute atomic E-state index is 0.268. The molecule has 7 atom stereocenters. The average Bonchev–Trinajstić information content (AvgIpc) is 2.84. The molecule has 140 valence electrons. The number of ether oxygens (including phenoxy) is 2. The molecule has 3 fully saturated rings. The van der Waals surface area contributed by atoms with Crippen molar-refractivity contribution in [3.8, 4) is 0 Å². The average molecular weight is 352 g/mol. The van der Waals surface area contributed by atoms with Crippen LogP contribution in [0.4, 0.5) is 0 Å². The van der Waals surface area contributed by atoms with Crippen molar-refractivity contribution in [3.05, 3.63) is 12.2 Å². The van der Waals surface area contributed by atoms with Crippen LogP contribution in [0.25, 0.3) is 0 Å². The Balaban J connectivity index is 2.05. The second-order valence-corrected chi connectivity index (χ2v) is 8.40. The molecule has 0 bridgehead atoms. The SMILES string of the molecule is C=C1CC[C@@H](O)[C@]2(C)C[C@H](OC(=O)C(C)C)[C@H]3[C@H](C)C(=O)O[C@@H]3[C@@]12O. The third kappa shape index (κ3) is 2.37. The molecule has 0 amide bonds. The van der Waals surface area contributed by atoms with Crippen LogP contribution < -0.4 is 0 Å². The first-order valence-corrected chi connectivity index (χ1v) is 9.03. The number of hydrogen-bond acceptors (Lipinski definition) is 6. The third-order valence-electron chi connectivity index (χ3n) is 6.61. The second kappa shape index (κ2) is 5.81. The van der Waals surface area contributed by atoms with Crippen molar-refractivity contribution in [1.29, 1.82) is 0 Å². The van der Waals surface area contributed by atoms with Gasteiger partial charge in [0.15, 0.2) is 0 Å². The van der Waals surface area contributed by atoms with Gasteiger partial charge >= 0.3 is 11.9 Å². The molecule has 6 heteroatoms. The summed E-state index contributed by atoms with van der Waals surface area (Å²) < 4.78 is 11.3. The van der Waals surface area contributed by atoms with E-state index in [1.54, 1.807) is 27.7 Å². The molecule has 3 rings (SSSR count). The van der Waals surface area contributed by atoms with Crippen molar-refractivity contribution >= 4 is 11.9 Å². The summed E-state index contributed by atoms with van der Waals surface area (Å²) in [7, 11) is 0. The van der Waals surface area contributed by atoms with Gasteiger partial charge in [-0.15, -0.1) is 0 Å². The number of fused-ring (bicyclic) bond motifs is 3. The predicted octanol–water partition coefficient (Wildman–Crippen LogP) is 1.58. The van der Waals surface area contributed by atoms with Gasteiger partial charge in [-0.1, -0.05) is 34.3 Å². The van der Waals surface area contributed by atoms with Crippen LogP contribution in [0.1, 0.15) is 47.0 Å². The van der Waals surface area contributed by atoms with Crippen LogP contribution in [-0.2, 0) is 19.1 Å². The highest BCUT2D eigenvalue weighted by molar-refractivity contribution is 5.76. The molecule has 2 N–H and O–H groups in total. The highest BCUT2D eigenvalue weighted by Crippen LogP contribution is 2.60. The minimum atomic E-state index is -1.52. The van der Waals surface area contributed by atoms with Crippen LogP contribution in [-0.4, -0.2) is 46.1 Å². The lowest BCUT2D eigenvalue weighted by atomic mass is 9.50. The number of esters is 2. The molecule has 0 aromatic rings. The molecule has 1 heterocycles. The Kier molecular flexibility index (Phi) is 4.27. The number of carbonyl (C=O) groups is 2. The van der Waals surface area contributed by atoms with Crippen molar-refractivity contribution < 1.29 is 29.3 Å². The fourth-order valence-electron chi connectivity index (χ4n) is 4.87. The Morgan fingerprint density at radius 1 is 1.44 bits per heavy atom. The predicted molar refractivity (Wildman–Crippen MR) is 89.3 cm³/mol. The van der Waals surface area contributed by atoms with Crippen LogP contribution >= 0.6 is 0 Å². The highest BCUT2D eigenvalue weighted by atomic mass is 16.6. The van der Waals surface area contributed by atoms with Gasteiger partial charge in [-0.25, -0.2) is 0 Å². The van der Waals surface area contributed by atoms with Gasteiger partial charge in [0.2, 0.25) is 0 Å². The van der Waals surface area contributed by atoms with Gasteiger partial charge in [0.25, 0.3) is 0 Å². The van der Waals surface area contributed by atoms with Gasteiger partial charge in [-0.2, -0.15) is 0 Å². The zero-order valence-electron chi connectivity index (χ0n) is 15.3. The molecule has 3 aliphatic rings. The molecule has 2 saturated carbocycles. The van der Waals surface area contributed by atoms with E-state index in [4.69, 9.17) is 9.47 Å². The summed E-state index contributed by atoms with van der Waals surface area (Å²) in [6.45, 7) is 11.0. The zero-order valence-corrected chi connectivity index (χ0v) is 15.3. The Labute approximate surface area is 148 Å². The van der Waals surface area contributed by atoms with E-state index in [1.165, 1.54) is 0 Å². The van der Waals surface area contributed by atoms with Crippen molar-refractivity contribution in [2.75, 3.05) is 0 Å². The first kappa shape index (κ1) is 18.4. The molecule has 25 heavy (non-hydrogen) atoms. The molecule has 0 spiro atoms. The molecule has 0 unspecified atom stereocenters. The van der Waals surface area contributed by atoms with E-state index in [0.29, 0.717) is 18.4 Å². The van der Waals surface area contributed by atoms with Crippen molar-refractivity contribution in [3.63, 3.8) is 0 Å². The maximum absolute atomic E-state index is 12.2. The lowest BCUT2D eigenvalue weighted by Crippen LogP contribution is -2.70. The summed E-state index contributed by atoms with van der Waals surface area (Å²) in [5.74, 6) is -2.00. The lowest BCUT2D eigenvalue weighted by molar-refractivity contribution is -0.242. The van der Waals surface area contributed by atoms with E-state index < -0.39 is 47.1 Å². The Morgan fingerprint density at radius 2 is 2.08 bits per heavy atom. The minimum Gasteiger partial charge on any atom is -0.462 e. The molecule has 0 aromatic heterocycles. The summed E-state index contributed by atoms with van der Waals surface area (Å²) in [4.78, 5) is 24.4. The number of aliphatic hydroxyl groups is 2. The largest absolute Gasteiger partial charge is 0.462 e. The quantitative estimate of drug-likeness (QED) is 0.579. The summed E-state index contributed by atoms with van der Waals surface area (Å²) in [5.41, 5.74) is -1.93. The van der Waals surface area contributed by atoms with Crippen LogP contribution in [0.3, 0.4) is 0 Å². The molecular weight excluding hydrogens is 324 g/mol. The van der Waals surface area contributed by atoms with Gasteiger partial charge in [0.05, 0.1) is 17.9 Å². The van der Waals surface area contributed by atoms with E-state index in [-0.39, 0.29) is 18.3 Å². The van der Waals surface area contributed by atoms with Crippen molar-refractivity contribution in [2.24, 2.45) is 23.2 Å². The molecule has 2 aliphatic carbocycles. The van der Waals surface area contributed by atoms with Gasteiger partial charge < -0.3 is 19.7 Å². The van der Waals surface area contributed by atoms with Gasteiger partial charge in [0.1, 0.15) is 17.8 Å². The number of aliphatic hydroxyl groups excluding tert-OH is 1. The monoisotopic (exact) mass is 352 g/mol. The number of hydrogen-bond donors (Lipinski definition) is 2. The maximum atomic E-state index is 12.2. The van der Waals surface area contributed by atoms with Gasteiger partial charge in [-0.3, -0.25) is 9.59 Å². The van der Waals surface area contributed by atoms with E-state index in [2.05, 4.69) is 6.58 Å². The Hall–Kier alpha value is -1.40. The number of carbonyl (C=O) groups excluding carboxylic acids is 2. The molecule has 1 aliphatic heterocycles. The van der Waals surface area contributed by atoms with E-state index in [1.807, 2.05) is 0 Å². The Morgan fingerprint density at radius 3 is 2.68 bits per heavy atom. The molecule has 6 nitrogen and oxygen atoms in total. The van der Waals surface area contributed by atoms with E-state index >= 15 is 0 Å². The summed E-state index contributed by atoms with van der Waals surface area (Å²) in [5, 5.41) is 22.3. The first-order chi connectivity index (χ1) is 11.5. The van der Waals surface area contributed by atoms with Crippen LogP contribution in [0, 0.1) is 23.2 Å². The lowest BCUT2D eigenvalue weighted by Gasteiger charge is -2.59. The van der Waals surface area contributed by atoms with Gasteiger partial charge in [0, 0.05) is 11.3 Å². The highest BCUT2D eigenvalue weighted by Gasteiger charge is 2.70. The normalized spacial score (nSPS) is 46.4. The van der Waals surface area contributed by atoms with Crippen molar-refractivity contribution in [1.82, 2.24) is 0 Å². The van der Waals surface area contributed by atoms with E-state index in [0.717, 1.165) is 0 Å². The third-order valence-corrected chi connectivity index (χ3v) is 6.61. The first-order valence-electron chi connectivity index (χ1n) is 9.03. The molecule has 1 saturated heterocycles. The fourth-order valence-corrected chi connectivity index (χ4v) is 4.87. The van der Waals surface area contributed by atoms with Crippen LogP contribution in [0.5, 0.6) is 0 Å². The summed E-state index contributed by atoms with van der Waals surface area (Å²) in [6, 6.07) is 0. The molecule has 0 radical (unpaired) electrons. The Bertz CT molecular complexity index is 613. The smallest absolute Gasteiger partial charge is 0.309 e. The molecule has 0 aromatic carbocycles. The second-order valence-electron chi connectivity index (χ2n) is 8.40. The van der Waals surface area contributed by atoms with Crippen LogP contribution in [0.2, 0.25) is 0 Å². The number of rotatable bonds is 2.